The summed E-state index contributed by atoms with van der Waals surface area (Å²) < 4.78 is 5.28. The first kappa shape index (κ1) is 17.9. The lowest BCUT2D eigenvalue weighted by atomic mass is 10.1. The molecule has 25 heavy (non-hydrogen) atoms. The third-order valence-electron chi connectivity index (χ3n) is 3.83. The van der Waals surface area contributed by atoms with E-state index in [1.807, 2.05) is 44.3 Å². The van der Waals surface area contributed by atoms with Crippen molar-refractivity contribution in [2.75, 3.05) is 5.32 Å². The minimum Gasteiger partial charge on any atom is -0.321 e. The molecule has 0 saturated heterocycles. The van der Waals surface area contributed by atoms with Crippen LogP contribution in [0.3, 0.4) is 0 Å². The summed E-state index contributed by atoms with van der Waals surface area (Å²) >= 11 is 6.77. The highest BCUT2D eigenvalue weighted by molar-refractivity contribution is 9.10. The summed E-state index contributed by atoms with van der Waals surface area (Å²) in [6.45, 7) is 4.26. The smallest absolute Gasteiger partial charge is 0.251 e. The molecule has 3 aromatic rings. The summed E-state index contributed by atoms with van der Waals surface area (Å²) in [5, 5.41) is 11.4. The Balaban J connectivity index is 1.68. The normalized spacial score (nSPS) is 11.5. The van der Waals surface area contributed by atoms with E-state index in [0.717, 1.165) is 14.5 Å². The minimum atomic E-state index is -0.820. The summed E-state index contributed by atoms with van der Waals surface area (Å²) in [5.41, 5.74) is 0.965. The molecule has 6 nitrogen and oxygen atoms in total. The highest BCUT2D eigenvalue weighted by Crippen LogP contribution is 2.20. The Labute approximate surface area is 162 Å². The first-order valence-electron chi connectivity index (χ1n) is 7.63. The van der Waals surface area contributed by atoms with E-state index in [1.54, 1.807) is 28.0 Å². The maximum absolute atomic E-state index is 12.6. The predicted octanol–water partition coefficient (Wildman–Crippen LogP) is 4.03. The maximum atomic E-state index is 12.6. The zero-order valence-corrected chi connectivity index (χ0v) is 17.0. The lowest BCUT2D eigenvalue weighted by Crippen LogP contribution is -2.40. The Morgan fingerprint density at radius 2 is 1.80 bits per heavy atom. The van der Waals surface area contributed by atoms with E-state index in [4.69, 9.17) is 0 Å². The van der Waals surface area contributed by atoms with E-state index < -0.39 is 5.54 Å². The molecule has 0 bridgehead atoms. The first-order valence-corrected chi connectivity index (χ1v) is 9.22. The van der Waals surface area contributed by atoms with Gasteiger partial charge in [-0.2, -0.15) is 10.2 Å². The molecule has 1 N–H and O–H groups in total. The number of aromatic nitrogens is 4. The van der Waals surface area contributed by atoms with Crippen LogP contribution in [0.4, 0.5) is 5.69 Å². The molecular formula is C17H17Br2N5O. The fraction of sp³-hybridized carbons (Fsp3) is 0.235. The Hall–Kier alpha value is -1.93. The second-order valence-corrected chi connectivity index (χ2v) is 8.00. The largest absolute Gasteiger partial charge is 0.321 e. The molecule has 2 aromatic heterocycles. The van der Waals surface area contributed by atoms with Crippen LogP contribution >= 0.6 is 31.9 Å². The zero-order valence-electron chi connectivity index (χ0n) is 13.8. The van der Waals surface area contributed by atoms with Crippen LogP contribution in [0.5, 0.6) is 0 Å². The quantitative estimate of drug-likeness (QED) is 0.617. The predicted molar refractivity (Wildman–Crippen MR) is 103 cm³/mol. The molecule has 0 unspecified atom stereocenters. The van der Waals surface area contributed by atoms with Crippen molar-refractivity contribution in [2.45, 2.75) is 25.9 Å². The molecule has 1 amide bonds. The molecule has 0 radical (unpaired) electrons. The molecule has 0 atom stereocenters. The maximum Gasteiger partial charge on any atom is 0.251 e. The van der Waals surface area contributed by atoms with Crippen LogP contribution in [-0.4, -0.2) is 25.5 Å². The molecule has 0 aliphatic heterocycles. The van der Waals surface area contributed by atoms with Gasteiger partial charge in [-0.05, 0) is 47.5 Å². The number of halogens is 2. The lowest BCUT2D eigenvalue weighted by Gasteiger charge is -2.23. The van der Waals surface area contributed by atoms with Crippen molar-refractivity contribution < 1.29 is 4.79 Å². The summed E-state index contributed by atoms with van der Waals surface area (Å²) in [5.74, 6) is -0.161. The molecule has 8 heteroatoms. The number of hydrogen-bond acceptors (Lipinski definition) is 3. The van der Waals surface area contributed by atoms with E-state index in [0.29, 0.717) is 12.2 Å². The molecule has 2 heterocycles. The average Bonchev–Trinajstić information content (AvgIpc) is 3.19. The molecule has 0 aliphatic carbocycles. The van der Waals surface area contributed by atoms with Gasteiger partial charge in [-0.1, -0.05) is 28.1 Å². The van der Waals surface area contributed by atoms with Crippen molar-refractivity contribution in [2.24, 2.45) is 0 Å². The van der Waals surface area contributed by atoms with E-state index in [-0.39, 0.29) is 5.91 Å². The molecule has 0 spiro atoms. The second-order valence-electron chi connectivity index (χ2n) is 6.17. The molecule has 3 rings (SSSR count). The topological polar surface area (TPSA) is 64.7 Å². The van der Waals surface area contributed by atoms with E-state index >= 15 is 0 Å². The summed E-state index contributed by atoms with van der Waals surface area (Å²) in [7, 11) is 0. The van der Waals surface area contributed by atoms with Crippen molar-refractivity contribution in [3.63, 3.8) is 0 Å². The number of anilines is 1. The number of carbonyl (C=O) groups is 1. The molecule has 1 aromatic carbocycles. The third-order valence-corrected chi connectivity index (χ3v) is 4.77. The molecule has 130 valence electrons. The van der Waals surface area contributed by atoms with Crippen LogP contribution in [0.25, 0.3) is 0 Å². The van der Waals surface area contributed by atoms with Gasteiger partial charge in [0.1, 0.15) is 5.54 Å². The number of nitrogens with one attached hydrogen (secondary N) is 1. The number of nitrogens with zero attached hydrogens (tertiary/aromatic N) is 4. The minimum absolute atomic E-state index is 0.161. The van der Waals surface area contributed by atoms with Gasteiger partial charge in [0, 0.05) is 16.9 Å². The van der Waals surface area contributed by atoms with Gasteiger partial charge in [0.2, 0.25) is 0 Å². The molecular weight excluding hydrogens is 450 g/mol. The Bertz CT molecular complexity index is 883. The van der Waals surface area contributed by atoms with Crippen molar-refractivity contribution in [3.8, 4) is 0 Å². The highest BCUT2D eigenvalue weighted by Gasteiger charge is 2.30. The number of rotatable bonds is 5. The zero-order chi connectivity index (χ0) is 18.0. The van der Waals surface area contributed by atoms with Crippen LogP contribution < -0.4 is 5.32 Å². The Kier molecular flexibility index (Phi) is 5.10. The van der Waals surface area contributed by atoms with Crippen molar-refractivity contribution in [1.29, 1.82) is 0 Å². The van der Waals surface area contributed by atoms with Gasteiger partial charge >= 0.3 is 0 Å². The van der Waals surface area contributed by atoms with Crippen molar-refractivity contribution in [3.05, 3.63) is 63.6 Å². The lowest BCUT2D eigenvalue weighted by molar-refractivity contribution is -0.123. The SMILES string of the molecule is CC(C)(C(=O)Nc1cnn(Cc2ccc(Br)cc2)c1)n1cc(Br)cn1. The van der Waals surface area contributed by atoms with Crippen LogP contribution in [0.15, 0.2) is 58.0 Å². The van der Waals surface area contributed by atoms with Crippen LogP contribution in [0.2, 0.25) is 0 Å². The van der Waals surface area contributed by atoms with E-state index in [1.165, 1.54) is 0 Å². The molecule has 0 aliphatic rings. The molecule has 0 fully saturated rings. The van der Waals surface area contributed by atoms with Gasteiger partial charge in [-0.25, -0.2) is 0 Å². The Morgan fingerprint density at radius 3 is 2.44 bits per heavy atom. The van der Waals surface area contributed by atoms with Gasteiger partial charge in [0.05, 0.1) is 29.1 Å². The Morgan fingerprint density at radius 1 is 1.08 bits per heavy atom. The summed E-state index contributed by atoms with van der Waals surface area (Å²) in [6.07, 6.45) is 6.89. The fourth-order valence-electron chi connectivity index (χ4n) is 2.29. The summed E-state index contributed by atoms with van der Waals surface area (Å²) in [4.78, 5) is 12.6. The average molecular weight is 467 g/mol. The highest BCUT2D eigenvalue weighted by atomic mass is 79.9. The number of carbonyl (C=O) groups excluding carboxylic acids is 1. The van der Waals surface area contributed by atoms with E-state index in [9.17, 15) is 4.79 Å². The standard InChI is InChI=1S/C17H17Br2N5O/c1-17(2,24-10-14(19)7-21-24)16(25)22-15-8-20-23(11-15)9-12-3-5-13(18)6-4-12/h3-8,10-11H,9H2,1-2H3,(H,22,25). The van der Waals surface area contributed by atoms with Crippen LogP contribution in [0.1, 0.15) is 19.4 Å². The number of hydrogen-bond donors (Lipinski definition) is 1. The van der Waals surface area contributed by atoms with Crippen molar-refractivity contribution in [1.82, 2.24) is 19.6 Å². The van der Waals surface area contributed by atoms with Gasteiger partial charge < -0.3 is 5.32 Å². The second kappa shape index (κ2) is 7.13. The third kappa shape index (κ3) is 4.19. The fourth-order valence-corrected chi connectivity index (χ4v) is 2.84. The number of benzene rings is 1. The van der Waals surface area contributed by atoms with Gasteiger partial charge in [0.25, 0.3) is 5.91 Å². The van der Waals surface area contributed by atoms with Crippen LogP contribution in [-0.2, 0) is 16.9 Å². The van der Waals surface area contributed by atoms with Crippen LogP contribution in [0, 0.1) is 0 Å². The number of amides is 1. The summed E-state index contributed by atoms with van der Waals surface area (Å²) in [6, 6.07) is 8.05. The van der Waals surface area contributed by atoms with Crippen molar-refractivity contribution >= 4 is 43.5 Å². The van der Waals surface area contributed by atoms with E-state index in [2.05, 4.69) is 47.4 Å². The van der Waals surface area contributed by atoms with Gasteiger partial charge in [-0.3, -0.25) is 14.2 Å². The monoisotopic (exact) mass is 465 g/mol. The molecule has 0 saturated carbocycles. The van der Waals surface area contributed by atoms with Gasteiger partial charge in [-0.15, -0.1) is 0 Å². The van der Waals surface area contributed by atoms with Gasteiger partial charge in [0.15, 0.2) is 0 Å². The first-order chi connectivity index (χ1) is 11.8.